The molecule has 7 heteroatoms. The fourth-order valence-corrected chi connectivity index (χ4v) is 2.83. The van der Waals surface area contributed by atoms with Gasteiger partial charge in [-0.3, -0.25) is 4.79 Å². The Hall–Kier alpha value is -2.57. The number of hydrogen-bond donors (Lipinski definition) is 0. The summed E-state index contributed by atoms with van der Waals surface area (Å²) < 4.78 is 15.8. The third-order valence-electron chi connectivity index (χ3n) is 4.52. The summed E-state index contributed by atoms with van der Waals surface area (Å²) in [6.45, 7) is 1.18. The maximum absolute atomic E-state index is 12.6. The molecule has 0 radical (unpaired) electrons. The van der Waals surface area contributed by atoms with Crippen LogP contribution in [0.2, 0.25) is 0 Å². The van der Waals surface area contributed by atoms with E-state index in [9.17, 15) is 4.79 Å². The fourth-order valence-electron chi connectivity index (χ4n) is 2.83. The summed E-state index contributed by atoms with van der Waals surface area (Å²) in [5.41, 5.74) is 0.550. The first-order valence-corrected chi connectivity index (χ1v) is 8.03. The lowest BCUT2D eigenvalue weighted by atomic mass is 9.98. The van der Waals surface area contributed by atoms with Crippen LogP contribution in [0.1, 0.15) is 46.8 Å². The van der Waals surface area contributed by atoms with E-state index in [4.69, 9.17) is 14.0 Å². The molecule has 7 nitrogen and oxygen atoms in total. The van der Waals surface area contributed by atoms with E-state index < -0.39 is 0 Å². The van der Waals surface area contributed by atoms with E-state index in [-0.39, 0.29) is 11.8 Å². The number of rotatable bonds is 5. The molecule has 0 atom stereocenters. The number of methoxy groups -OCH3 is 2. The third kappa shape index (κ3) is 2.70. The molecule has 1 saturated heterocycles. The molecular formula is C17H19N3O4. The van der Waals surface area contributed by atoms with Gasteiger partial charge in [-0.25, -0.2) is 0 Å². The van der Waals surface area contributed by atoms with Crippen LogP contribution in [0.5, 0.6) is 11.5 Å². The number of likely N-dealkylation sites (tertiary alicyclic amines) is 1. The Labute approximate surface area is 139 Å². The molecule has 1 aliphatic heterocycles. The lowest BCUT2D eigenvalue weighted by Crippen LogP contribution is -2.48. The predicted molar refractivity (Wildman–Crippen MR) is 84.5 cm³/mol. The Bertz CT molecular complexity index is 741. The average Bonchev–Trinajstić information content (AvgIpc) is 3.31. The molecule has 2 fully saturated rings. The van der Waals surface area contributed by atoms with Crippen LogP contribution < -0.4 is 9.47 Å². The molecule has 126 valence electrons. The highest BCUT2D eigenvalue weighted by molar-refractivity contribution is 5.95. The predicted octanol–water partition coefficient (Wildman–Crippen LogP) is 2.20. The van der Waals surface area contributed by atoms with Crippen molar-refractivity contribution in [2.75, 3.05) is 27.3 Å². The summed E-state index contributed by atoms with van der Waals surface area (Å²) in [5.74, 6) is 3.20. The van der Waals surface area contributed by atoms with Gasteiger partial charge in [0, 0.05) is 30.6 Å². The van der Waals surface area contributed by atoms with Crippen molar-refractivity contribution < 1.29 is 18.8 Å². The molecular weight excluding hydrogens is 310 g/mol. The number of amides is 1. The highest BCUT2D eigenvalue weighted by Crippen LogP contribution is 2.39. The lowest BCUT2D eigenvalue weighted by molar-refractivity contribution is 0.0568. The quantitative estimate of drug-likeness (QED) is 0.837. The van der Waals surface area contributed by atoms with Crippen LogP contribution in [0, 0.1) is 0 Å². The zero-order valence-electron chi connectivity index (χ0n) is 13.7. The van der Waals surface area contributed by atoms with Crippen LogP contribution in [0.3, 0.4) is 0 Å². The molecule has 2 heterocycles. The Balaban J connectivity index is 1.43. The second-order valence-electron chi connectivity index (χ2n) is 6.27. The SMILES string of the molecule is COc1cc(OC)cc(C(=O)N2CC(c3nc(C4CC4)no3)C2)c1. The van der Waals surface area contributed by atoms with Crippen molar-refractivity contribution in [3.05, 3.63) is 35.5 Å². The Kier molecular flexibility index (Phi) is 3.63. The summed E-state index contributed by atoms with van der Waals surface area (Å²) in [4.78, 5) is 18.8. The van der Waals surface area contributed by atoms with Gasteiger partial charge >= 0.3 is 0 Å². The first kappa shape index (κ1) is 15.0. The van der Waals surface area contributed by atoms with Crippen LogP contribution in [0.25, 0.3) is 0 Å². The smallest absolute Gasteiger partial charge is 0.254 e. The minimum atomic E-state index is -0.0506. The van der Waals surface area contributed by atoms with Gasteiger partial charge in [-0.15, -0.1) is 0 Å². The monoisotopic (exact) mass is 329 g/mol. The van der Waals surface area contributed by atoms with Crippen molar-refractivity contribution in [1.29, 1.82) is 0 Å². The Morgan fingerprint density at radius 1 is 1.12 bits per heavy atom. The van der Waals surface area contributed by atoms with Gasteiger partial charge in [0.25, 0.3) is 5.91 Å². The second kappa shape index (κ2) is 5.81. The summed E-state index contributed by atoms with van der Waals surface area (Å²) in [6, 6.07) is 5.18. The Morgan fingerprint density at radius 2 is 1.79 bits per heavy atom. The van der Waals surface area contributed by atoms with Gasteiger partial charge in [0.05, 0.1) is 20.1 Å². The molecule has 1 aromatic heterocycles. The van der Waals surface area contributed by atoms with E-state index in [1.807, 2.05) is 0 Å². The van der Waals surface area contributed by atoms with E-state index >= 15 is 0 Å². The van der Waals surface area contributed by atoms with Gasteiger partial charge in [0.15, 0.2) is 5.82 Å². The van der Waals surface area contributed by atoms with Crippen LogP contribution in [0.15, 0.2) is 22.7 Å². The van der Waals surface area contributed by atoms with Crippen molar-refractivity contribution in [2.24, 2.45) is 0 Å². The first-order valence-electron chi connectivity index (χ1n) is 8.03. The zero-order chi connectivity index (χ0) is 16.7. The van der Waals surface area contributed by atoms with Gasteiger partial charge in [-0.2, -0.15) is 4.98 Å². The maximum Gasteiger partial charge on any atom is 0.254 e. The van der Waals surface area contributed by atoms with Gasteiger partial charge in [0.1, 0.15) is 11.5 Å². The van der Waals surface area contributed by atoms with Crippen LogP contribution in [-0.4, -0.2) is 48.3 Å². The number of aromatic nitrogens is 2. The number of hydrogen-bond acceptors (Lipinski definition) is 6. The highest BCUT2D eigenvalue weighted by Gasteiger charge is 2.37. The standard InChI is InChI=1S/C17H19N3O4/c1-22-13-5-11(6-14(7-13)23-2)17(21)20-8-12(9-20)16-18-15(19-24-16)10-3-4-10/h5-7,10,12H,3-4,8-9H2,1-2H3. The van der Waals surface area contributed by atoms with E-state index in [0.717, 1.165) is 18.7 Å². The molecule has 0 unspecified atom stereocenters. The van der Waals surface area contributed by atoms with Crippen molar-refractivity contribution in [3.8, 4) is 11.5 Å². The molecule has 1 aliphatic carbocycles. The molecule has 1 aromatic carbocycles. The van der Waals surface area contributed by atoms with E-state index in [1.165, 1.54) is 0 Å². The summed E-state index contributed by atoms with van der Waals surface area (Å²) in [7, 11) is 3.13. The largest absolute Gasteiger partial charge is 0.497 e. The van der Waals surface area contributed by atoms with Gasteiger partial charge in [0.2, 0.25) is 5.89 Å². The number of benzene rings is 1. The second-order valence-corrected chi connectivity index (χ2v) is 6.27. The molecule has 1 amide bonds. The number of ether oxygens (including phenoxy) is 2. The maximum atomic E-state index is 12.6. The molecule has 2 aromatic rings. The molecule has 4 rings (SSSR count). The van der Waals surface area contributed by atoms with Gasteiger partial charge < -0.3 is 18.9 Å². The zero-order valence-corrected chi connectivity index (χ0v) is 13.7. The lowest BCUT2D eigenvalue weighted by Gasteiger charge is -2.37. The minimum Gasteiger partial charge on any atom is -0.497 e. The Morgan fingerprint density at radius 3 is 2.38 bits per heavy atom. The third-order valence-corrected chi connectivity index (χ3v) is 4.52. The number of carbonyl (C=O) groups excluding carboxylic acids is 1. The van der Waals surface area contributed by atoms with E-state index in [0.29, 0.717) is 42.0 Å². The number of nitrogens with zero attached hydrogens (tertiary/aromatic N) is 3. The summed E-state index contributed by atoms with van der Waals surface area (Å²) in [6.07, 6.45) is 2.29. The highest BCUT2D eigenvalue weighted by atomic mass is 16.5. The van der Waals surface area contributed by atoms with Crippen LogP contribution in [-0.2, 0) is 0 Å². The molecule has 24 heavy (non-hydrogen) atoms. The molecule has 2 aliphatic rings. The van der Waals surface area contributed by atoms with Gasteiger partial charge in [-0.05, 0) is 25.0 Å². The van der Waals surface area contributed by atoms with E-state index in [2.05, 4.69) is 10.1 Å². The fraction of sp³-hybridized carbons (Fsp3) is 0.471. The average molecular weight is 329 g/mol. The summed E-state index contributed by atoms with van der Waals surface area (Å²) in [5, 5.41) is 4.03. The minimum absolute atomic E-state index is 0.0506. The normalized spacial score (nSPS) is 17.5. The topological polar surface area (TPSA) is 77.7 Å². The summed E-state index contributed by atoms with van der Waals surface area (Å²) >= 11 is 0. The molecule has 0 N–H and O–H groups in total. The first-order chi connectivity index (χ1) is 11.7. The van der Waals surface area contributed by atoms with Crippen molar-refractivity contribution in [2.45, 2.75) is 24.7 Å². The number of carbonyl (C=O) groups is 1. The van der Waals surface area contributed by atoms with Crippen LogP contribution in [0.4, 0.5) is 0 Å². The molecule has 0 spiro atoms. The van der Waals surface area contributed by atoms with Crippen molar-refractivity contribution >= 4 is 5.91 Å². The van der Waals surface area contributed by atoms with Crippen molar-refractivity contribution in [3.63, 3.8) is 0 Å². The van der Waals surface area contributed by atoms with Crippen LogP contribution >= 0.6 is 0 Å². The molecule has 1 saturated carbocycles. The van der Waals surface area contributed by atoms with E-state index in [1.54, 1.807) is 37.3 Å². The van der Waals surface area contributed by atoms with Crippen molar-refractivity contribution in [1.82, 2.24) is 15.0 Å². The van der Waals surface area contributed by atoms with Gasteiger partial charge in [-0.1, -0.05) is 5.16 Å². The molecule has 0 bridgehead atoms.